The maximum Gasteiger partial charge on any atom is 0.307 e. The van der Waals surface area contributed by atoms with Crippen molar-refractivity contribution in [2.45, 2.75) is 38.8 Å². The van der Waals surface area contributed by atoms with Gasteiger partial charge in [-0.05, 0) is 20.3 Å². The molecule has 0 aromatic carbocycles. The Bertz CT molecular complexity index is 206. The van der Waals surface area contributed by atoms with E-state index in [1.165, 1.54) is 7.11 Å². The Hall–Kier alpha value is -0.610. The summed E-state index contributed by atoms with van der Waals surface area (Å²) in [4.78, 5) is 13.2. The van der Waals surface area contributed by atoms with Crippen LogP contribution >= 0.6 is 0 Å². The van der Waals surface area contributed by atoms with E-state index in [-0.39, 0.29) is 12.1 Å². The van der Waals surface area contributed by atoms with Crippen molar-refractivity contribution in [1.82, 2.24) is 4.90 Å². The van der Waals surface area contributed by atoms with Crippen LogP contribution in [-0.4, -0.2) is 49.8 Å². The standard InChI is InChI=1S/C11H21NO3/c1-9(2)12-6-4-10(8-12)15-7-5-11(13)14-3/h9-10H,4-8H2,1-3H3/t10-/m0/s1. The number of carbonyl (C=O) groups excluding carboxylic acids is 1. The summed E-state index contributed by atoms with van der Waals surface area (Å²) in [6.45, 7) is 6.94. The van der Waals surface area contributed by atoms with Crippen molar-refractivity contribution in [3.63, 3.8) is 0 Å². The molecule has 15 heavy (non-hydrogen) atoms. The molecule has 0 aromatic heterocycles. The maximum absolute atomic E-state index is 10.8. The average molecular weight is 215 g/mol. The van der Waals surface area contributed by atoms with Gasteiger partial charge in [-0.15, -0.1) is 0 Å². The number of ether oxygens (including phenoxy) is 2. The van der Waals surface area contributed by atoms with Gasteiger partial charge in [-0.2, -0.15) is 0 Å². The summed E-state index contributed by atoms with van der Waals surface area (Å²) in [6.07, 6.45) is 1.71. The zero-order valence-electron chi connectivity index (χ0n) is 9.86. The molecule has 0 bridgehead atoms. The molecule has 1 saturated heterocycles. The second kappa shape index (κ2) is 6.08. The lowest BCUT2D eigenvalue weighted by atomic mass is 10.3. The van der Waals surface area contributed by atoms with Crippen molar-refractivity contribution < 1.29 is 14.3 Å². The molecule has 1 fully saturated rings. The van der Waals surface area contributed by atoms with E-state index in [9.17, 15) is 4.79 Å². The zero-order chi connectivity index (χ0) is 11.3. The van der Waals surface area contributed by atoms with Crippen LogP contribution in [-0.2, 0) is 14.3 Å². The number of hydrogen-bond donors (Lipinski definition) is 0. The molecule has 4 nitrogen and oxygen atoms in total. The molecule has 0 spiro atoms. The van der Waals surface area contributed by atoms with Crippen LogP contribution in [0.25, 0.3) is 0 Å². The molecule has 1 aliphatic rings. The quantitative estimate of drug-likeness (QED) is 0.643. The SMILES string of the molecule is COC(=O)CCO[C@H]1CCN(C(C)C)C1. The first kappa shape index (κ1) is 12.5. The molecule has 0 aromatic rings. The number of rotatable bonds is 5. The molecule has 88 valence electrons. The van der Waals surface area contributed by atoms with E-state index < -0.39 is 0 Å². The van der Waals surface area contributed by atoms with Gasteiger partial charge in [0.15, 0.2) is 0 Å². The van der Waals surface area contributed by atoms with E-state index in [0.29, 0.717) is 19.1 Å². The Morgan fingerprint density at radius 3 is 2.80 bits per heavy atom. The van der Waals surface area contributed by atoms with Crippen LogP contribution in [0.15, 0.2) is 0 Å². The lowest BCUT2D eigenvalue weighted by molar-refractivity contribution is -0.142. The van der Waals surface area contributed by atoms with Gasteiger partial charge in [-0.3, -0.25) is 9.69 Å². The van der Waals surface area contributed by atoms with Gasteiger partial charge in [0, 0.05) is 19.1 Å². The fourth-order valence-electron chi connectivity index (χ4n) is 1.77. The summed E-state index contributed by atoms with van der Waals surface area (Å²) < 4.78 is 10.2. The Balaban J connectivity index is 2.11. The second-order valence-electron chi connectivity index (χ2n) is 4.20. The molecule has 0 unspecified atom stereocenters. The van der Waals surface area contributed by atoms with Gasteiger partial charge >= 0.3 is 5.97 Å². The van der Waals surface area contributed by atoms with Gasteiger partial charge in [0.05, 0.1) is 26.2 Å². The predicted octanol–water partition coefficient (Wildman–Crippen LogP) is 1.05. The molecule has 0 aliphatic carbocycles. The molecule has 1 rings (SSSR count). The van der Waals surface area contributed by atoms with Crippen molar-refractivity contribution in [3.8, 4) is 0 Å². The van der Waals surface area contributed by atoms with E-state index in [1.54, 1.807) is 0 Å². The fourth-order valence-corrected chi connectivity index (χ4v) is 1.77. The highest BCUT2D eigenvalue weighted by molar-refractivity contribution is 5.69. The van der Waals surface area contributed by atoms with Crippen LogP contribution in [0.3, 0.4) is 0 Å². The number of likely N-dealkylation sites (tertiary alicyclic amines) is 1. The summed E-state index contributed by atoms with van der Waals surface area (Å²) in [5, 5.41) is 0. The molecule has 0 radical (unpaired) electrons. The van der Waals surface area contributed by atoms with Gasteiger partial charge in [-0.1, -0.05) is 0 Å². The van der Waals surface area contributed by atoms with Gasteiger partial charge in [0.25, 0.3) is 0 Å². The van der Waals surface area contributed by atoms with Crippen LogP contribution in [0.5, 0.6) is 0 Å². The van der Waals surface area contributed by atoms with Gasteiger partial charge in [-0.25, -0.2) is 0 Å². The first-order valence-electron chi connectivity index (χ1n) is 5.56. The lowest BCUT2D eigenvalue weighted by Crippen LogP contribution is -2.30. The Labute approximate surface area is 91.5 Å². The smallest absolute Gasteiger partial charge is 0.307 e. The molecular weight excluding hydrogens is 194 g/mol. The second-order valence-corrected chi connectivity index (χ2v) is 4.20. The fraction of sp³-hybridized carbons (Fsp3) is 0.909. The van der Waals surface area contributed by atoms with E-state index in [2.05, 4.69) is 23.5 Å². The lowest BCUT2D eigenvalue weighted by Gasteiger charge is -2.20. The average Bonchev–Trinajstić information content (AvgIpc) is 2.66. The zero-order valence-corrected chi connectivity index (χ0v) is 9.86. The van der Waals surface area contributed by atoms with Crippen LogP contribution in [0.4, 0.5) is 0 Å². The minimum Gasteiger partial charge on any atom is -0.469 e. The molecular formula is C11H21NO3. The largest absolute Gasteiger partial charge is 0.469 e. The van der Waals surface area contributed by atoms with Gasteiger partial charge < -0.3 is 9.47 Å². The summed E-state index contributed by atoms with van der Waals surface area (Å²) in [7, 11) is 1.40. The third kappa shape index (κ3) is 4.18. The third-order valence-electron chi connectivity index (χ3n) is 2.79. The number of esters is 1. The van der Waals surface area contributed by atoms with Crippen LogP contribution in [0, 0.1) is 0 Å². The van der Waals surface area contributed by atoms with Gasteiger partial charge in [0.2, 0.25) is 0 Å². The van der Waals surface area contributed by atoms with E-state index in [1.807, 2.05) is 0 Å². The molecule has 1 aliphatic heterocycles. The topological polar surface area (TPSA) is 38.8 Å². The van der Waals surface area contributed by atoms with Gasteiger partial charge in [0.1, 0.15) is 0 Å². The van der Waals surface area contributed by atoms with E-state index in [0.717, 1.165) is 19.5 Å². The van der Waals surface area contributed by atoms with E-state index in [4.69, 9.17) is 4.74 Å². The number of methoxy groups -OCH3 is 1. The molecule has 0 saturated carbocycles. The summed E-state index contributed by atoms with van der Waals surface area (Å²) >= 11 is 0. The van der Waals surface area contributed by atoms with Crippen molar-refractivity contribution in [3.05, 3.63) is 0 Å². The van der Waals surface area contributed by atoms with Crippen LogP contribution in [0.2, 0.25) is 0 Å². The van der Waals surface area contributed by atoms with Crippen molar-refractivity contribution in [2.24, 2.45) is 0 Å². The van der Waals surface area contributed by atoms with Crippen molar-refractivity contribution in [1.29, 1.82) is 0 Å². The minimum absolute atomic E-state index is 0.200. The molecule has 1 atom stereocenters. The van der Waals surface area contributed by atoms with Crippen LogP contribution < -0.4 is 0 Å². The number of nitrogens with zero attached hydrogens (tertiary/aromatic N) is 1. The molecule has 4 heteroatoms. The molecule has 0 N–H and O–H groups in total. The highest BCUT2D eigenvalue weighted by Gasteiger charge is 2.24. The van der Waals surface area contributed by atoms with E-state index >= 15 is 0 Å². The molecule has 0 amide bonds. The minimum atomic E-state index is -0.200. The Morgan fingerprint density at radius 2 is 2.27 bits per heavy atom. The Morgan fingerprint density at radius 1 is 1.53 bits per heavy atom. The number of carbonyl (C=O) groups is 1. The highest BCUT2D eigenvalue weighted by atomic mass is 16.5. The van der Waals surface area contributed by atoms with Crippen LogP contribution in [0.1, 0.15) is 26.7 Å². The predicted molar refractivity (Wildman–Crippen MR) is 57.7 cm³/mol. The summed E-state index contributed by atoms with van der Waals surface area (Å²) in [6, 6.07) is 0.583. The molecule has 1 heterocycles. The highest BCUT2D eigenvalue weighted by Crippen LogP contribution is 2.15. The van der Waals surface area contributed by atoms with Crippen molar-refractivity contribution in [2.75, 3.05) is 26.8 Å². The summed E-state index contributed by atoms with van der Waals surface area (Å²) in [5.74, 6) is -0.200. The Kier molecular flexibility index (Phi) is 5.05. The third-order valence-corrected chi connectivity index (χ3v) is 2.79. The first-order valence-corrected chi connectivity index (χ1v) is 5.56. The number of hydrogen-bond acceptors (Lipinski definition) is 4. The summed E-state index contributed by atoms with van der Waals surface area (Å²) in [5.41, 5.74) is 0. The normalized spacial score (nSPS) is 22.3. The first-order chi connectivity index (χ1) is 7.13. The van der Waals surface area contributed by atoms with Crippen molar-refractivity contribution >= 4 is 5.97 Å². The maximum atomic E-state index is 10.8. The monoisotopic (exact) mass is 215 g/mol.